The van der Waals surface area contributed by atoms with Crippen LogP contribution in [-0.4, -0.2) is 11.7 Å². The highest BCUT2D eigenvalue weighted by molar-refractivity contribution is 7.55. The molecule has 0 unspecified atom stereocenters. The van der Waals surface area contributed by atoms with E-state index in [-0.39, 0.29) is 6.61 Å². The Hall–Kier alpha value is -4.29. The SMILES string of the molecule is CCO.c1ccc(-c2ccccc2)cc1.c1ccc(-c2ccccc2)cc1.c1ccc(Pc2ccccc2)cc1. The van der Waals surface area contributed by atoms with E-state index in [0.717, 1.165) is 8.58 Å². The first-order valence-electron chi connectivity index (χ1n) is 13.5. The molecule has 0 radical (unpaired) electrons. The largest absolute Gasteiger partial charge is 0.397 e. The van der Waals surface area contributed by atoms with Crippen LogP contribution in [0.2, 0.25) is 0 Å². The van der Waals surface area contributed by atoms with Crippen LogP contribution in [-0.2, 0) is 0 Å². The van der Waals surface area contributed by atoms with Gasteiger partial charge < -0.3 is 5.11 Å². The van der Waals surface area contributed by atoms with Crippen LogP contribution < -0.4 is 10.6 Å². The molecule has 0 amide bonds. The molecule has 40 heavy (non-hydrogen) atoms. The topological polar surface area (TPSA) is 20.2 Å². The van der Waals surface area contributed by atoms with Crippen LogP contribution in [0, 0.1) is 0 Å². The molecule has 0 atom stereocenters. The standard InChI is InChI=1S/C12H11P.2C12H10.C2H6O/c1-3-7-11(8-4-1)13-12-9-5-2-6-10-12;2*1-3-7-11(8-4-1)12-9-5-2-6-10-12;1-2-3/h1-10,13H;2*1-10H;3H,2H2,1H3. The van der Waals surface area contributed by atoms with Crippen LogP contribution >= 0.6 is 8.58 Å². The second kappa shape index (κ2) is 18.9. The van der Waals surface area contributed by atoms with Gasteiger partial charge in [-0.25, -0.2) is 0 Å². The van der Waals surface area contributed by atoms with Gasteiger partial charge in [0.2, 0.25) is 0 Å². The highest BCUT2D eigenvalue weighted by atomic mass is 31.1. The fourth-order valence-corrected chi connectivity index (χ4v) is 4.78. The molecule has 0 heterocycles. The van der Waals surface area contributed by atoms with E-state index in [9.17, 15) is 0 Å². The van der Waals surface area contributed by atoms with Crippen molar-refractivity contribution in [2.75, 3.05) is 6.61 Å². The number of rotatable bonds is 4. The highest BCUT2D eigenvalue weighted by Gasteiger charge is 1.94. The van der Waals surface area contributed by atoms with Crippen LogP contribution in [0.4, 0.5) is 0 Å². The van der Waals surface area contributed by atoms with Crippen molar-refractivity contribution in [2.24, 2.45) is 0 Å². The quantitative estimate of drug-likeness (QED) is 0.221. The molecule has 1 N–H and O–H groups in total. The highest BCUT2D eigenvalue weighted by Crippen LogP contribution is 2.18. The summed E-state index contributed by atoms with van der Waals surface area (Å²) in [7, 11) is 0.777. The van der Waals surface area contributed by atoms with Gasteiger partial charge in [-0.2, -0.15) is 0 Å². The van der Waals surface area contributed by atoms with E-state index in [1.807, 2.05) is 24.3 Å². The third-order valence-corrected chi connectivity index (χ3v) is 6.84. The first-order valence-corrected chi connectivity index (χ1v) is 14.5. The molecule has 0 spiro atoms. The molecular formula is C38H37OP. The Morgan fingerprint density at radius 3 is 0.725 bits per heavy atom. The van der Waals surface area contributed by atoms with E-state index in [2.05, 4.69) is 158 Å². The maximum atomic E-state index is 7.57. The molecule has 0 aromatic heterocycles. The summed E-state index contributed by atoms with van der Waals surface area (Å²) in [6.07, 6.45) is 0. The van der Waals surface area contributed by atoms with Gasteiger partial charge in [0.1, 0.15) is 0 Å². The molecule has 1 nitrogen and oxygen atoms in total. The first kappa shape index (κ1) is 30.3. The van der Waals surface area contributed by atoms with Crippen LogP contribution in [0.5, 0.6) is 0 Å². The Kier molecular flexibility index (Phi) is 14.3. The molecule has 200 valence electrons. The minimum Gasteiger partial charge on any atom is -0.397 e. The summed E-state index contributed by atoms with van der Waals surface area (Å²) >= 11 is 0. The van der Waals surface area contributed by atoms with E-state index >= 15 is 0 Å². The molecule has 6 aromatic rings. The fraction of sp³-hybridized carbons (Fsp3) is 0.0526. The fourth-order valence-electron chi connectivity index (χ4n) is 3.73. The first-order chi connectivity index (χ1) is 19.8. The van der Waals surface area contributed by atoms with E-state index in [1.165, 1.54) is 32.9 Å². The number of hydrogen-bond acceptors (Lipinski definition) is 1. The van der Waals surface area contributed by atoms with Gasteiger partial charge in [-0.3, -0.25) is 0 Å². The van der Waals surface area contributed by atoms with E-state index in [4.69, 9.17) is 5.11 Å². The molecular weight excluding hydrogens is 503 g/mol. The van der Waals surface area contributed by atoms with Crippen molar-refractivity contribution in [3.05, 3.63) is 182 Å². The molecule has 0 fully saturated rings. The van der Waals surface area contributed by atoms with Crippen molar-refractivity contribution in [3.8, 4) is 22.3 Å². The summed E-state index contributed by atoms with van der Waals surface area (Å²) in [5, 5.41) is 10.4. The predicted octanol–water partition coefficient (Wildman–Crippen LogP) is 9.02. The summed E-state index contributed by atoms with van der Waals surface area (Å²) in [5.74, 6) is 0. The van der Waals surface area contributed by atoms with Crippen molar-refractivity contribution >= 4 is 19.2 Å². The average Bonchev–Trinajstić information content (AvgIpc) is 3.05. The lowest BCUT2D eigenvalue weighted by atomic mass is 10.1. The van der Waals surface area contributed by atoms with Crippen molar-refractivity contribution in [2.45, 2.75) is 6.92 Å². The molecule has 0 aliphatic carbocycles. The lowest BCUT2D eigenvalue weighted by Crippen LogP contribution is -2.01. The Labute approximate surface area is 241 Å². The van der Waals surface area contributed by atoms with Gasteiger partial charge in [0.25, 0.3) is 0 Å². The van der Waals surface area contributed by atoms with Gasteiger partial charge in [0.05, 0.1) is 0 Å². The molecule has 2 heteroatoms. The molecule has 6 aromatic carbocycles. The lowest BCUT2D eigenvalue weighted by Gasteiger charge is -2.00. The normalized spacial score (nSPS) is 9.45. The average molecular weight is 541 g/mol. The number of hydrogen-bond donors (Lipinski definition) is 1. The minimum absolute atomic E-state index is 0.250. The molecule has 0 saturated heterocycles. The van der Waals surface area contributed by atoms with Gasteiger partial charge in [-0.15, -0.1) is 0 Å². The minimum atomic E-state index is 0.250. The lowest BCUT2D eigenvalue weighted by molar-refractivity contribution is 0.318. The van der Waals surface area contributed by atoms with E-state index in [0.29, 0.717) is 0 Å². The zero-order valence-corrected chi connectivity index (χ0v) is 24.0. The van der Waals surface area contributed by atoms with Gasteiger partial charge in [-0.05, 0) is 39.8 Å². The maximum absolute atomic E-state index is 7.57. The number of benzene rings is 6. The summed E-state index contributed by atoms with van der Waals surface area (Å²) < 4.78 is 0. The molecule has 0 saturated carbocycles. The summed E-state index contributed by atoms with van der Waals surface area (Å²) in [5.41, 5.74) is 5.10. The predicted molar refractivity (Wildman–Crippen MR) is 177 cm³/mol. The number of aliphatic hydroxyl groups is 1. The maximum Gasteiger partial charge on any atom is 0.0402 e. The van der Waals surface area contributed by atoms with Crippen molar-refractivity contribution in [3.63, 3.8) is 0 Å². The third-order valence-electron chi connectivity index (χ3n) is 5.60. The number of aliphatic hydroxyl groups excluding tert-OH is 1. The smallest absolute Gasteiger partial charge is 0.0402 e. The van der Waals surface area contributed by atoms with Gasteiger partial charge >= 0.3 is 0 Å². The van der Waals surface area contributed by atoms with E-state index < -0.39 is 0 Å². The zero-order valence-electron chi connectivity index (χ0n) is 23.0. The Morgan fingerprint density at radius 2 is 0.525 bits per heavy atom. The molecule has 6 rings (SSSR count). The van der Waals surface area contributed by atoms with Gasteiger partial charge in [0.15, 0.2) is 0 Å². The molecule has 0 aliphatic heterocycles. The third kappa shape index (κ3) is 11.6. The Balaban J connectivity index is 0.000000158. The van der Waals surface area contributed by atoms with Crippen molar-refractivity contribution in [1.82, 2.24) is 0 Å². The summed E-state index contributed by atoms with van der Waals surface area (Å²) in [4.78, 5) is 0. The van der Waals surface area contributed by atoms with Crippen LogP contribution in [0.15, 0.2) is 182 Å². The molecule has 0 bridgehead atoms. The second-order valence-electron chi connectivity index (χ2n) is 8.64. The van der Waals surface area contributed by atoms with Crippen LogP contribution in [0.25, 0.3) is 22.3 Å². The van der Waals surface area contributed by atoms with Gasteiger partial charge in [-0.1, -0.05) is 191 Å². The van der Waals surface area contributed by atoms with Crippen LogP contribution in [0.3, 0.4) is 0 Å². The summed E-state index contributed by atoms with van der Waals surface area (Å²) in [6.45, 7) is 1.93. The second-order valence-corrected chi connectivity index (χ2v) is 10.0. The zero-order chi connectivity index (χ0) is 28.1. The molecule has 0 aliphatic rings. The Morgan fingerprint density at radius 1 is 0.350 bits per heavy atom. The van der Waals surface area contributed by atoms with Crippen molar-refractivity contribution < 1.29 is 5.11 Å². The van der Waals surface area contributed by atoms with E-state index in [1.54, 1.807) is 6.92 Å². The summed E-state index contributed by atoms with van der Waals surface area (Å²) in [6, 6.07) is 62.7. The monoisotopic (exact) mass is 540 g/mol. The Bertz CT molecular complexity index is 1220. The van der Waals surface area contributed by atoms with Gasteiger partial charge in [0, 0.05) is 6.61 Å². The van der Waals surface area contributed by atoms with Crippen LogP contribution in [0.1, 0.15) is 6.92 Å². The van der Waals surface area contributed by atoms with Crippen molar-refractivity contribution in [1.29, 1.82) is 0 Å².